The van der Waals surface area contributed by atoms with Gasteiger partial charge in [-0.2, -0.15) is 5.26 Å². The summed E-state index contributed by atoms with van der Waals surface area (Å²) in [6.45, 7) is 1.34. The van der Waals surface area contributed by atoms with Crippen LogP contribution in [0.15, 0.2) is 66.7 Å². The molecule has 8 heteroatoms. The molecule has 1 fully saturated rings. The van der Waals surface area contributed by atoms with Crippen LogP contribution in [-0.2, 0) is 6.54 Å². The summed E-state index contributed by atoms with van der Waals surface area (Å²) in [5.41, 5.74) is 1.47. The Bertz CT molecular complexity index is 1230. The molecule has 33 heavy (non-hydrogen) atoms. The van der Waals surface area contributed by atoms with E-state index < -0.39 is 23.1 Å². The maximum atomic E-state index is 13.9. The second-order valence-electron chi connectivity index (χ2n) is 7.58. The molecule has 0 unspecified atom stereocenters. The van der Waals surface area contributed by atoms with E-state index in [1.165, 1.54) is 6.07 Å². The summed E-state index contributed by atoms with van der Waals surface area (Å²) in [6, 6.07) is 18.8. The lowest BCUT2D eigenvalue weighted by atomic mass is 10.1. The molecule has 0 radical (unpaired) electrons. The summed E-state index contributed by atoms with van der Waals surface area (Å²) in [7, 11) is 0. The van der Waals surface area contributed by atoms with Crippen LogP contribution in [0, 0.1) is 23.0 Å². The van der Waals surface area contributed by atoms with Gasteiger partial charge in [0.05, 0.1) is 11.6 Å². The van der Waals surface area contributed by atoms with E-state index in [0.29, 0.717) is 36.6 Å². The van der Waals surface area contributed by atoms with Crippen molar-refractivity contribution in [2.75, 3.05) is 23.3 Å². The van der Waals surface area contributed by atoms with Crippen LogP contribution in [-0.4, -0.2) is 29.9 Å². The van der Waals surface area contributed by atoms with Crippen molar-refractivity contribution in [1.29, 1.82) is 5.26 Å². The third-order valence-corrected chi connectivity index (χ3v) is 5.42. The van der Waals surface area contributed by atoms with E-state index in [2.05, 4.69) is 11.4 Å². The lowest BCUT2D eigenvalue weighted by molar-refractivity contribution is 0.101. The molecule has 1 heterocycles. The number of nitriles is 1. The summed E-state index contributed by atoms with van der Waals surface area (Å²) in [4.78, 5) is 28.8. The molecular formula is C25H20F2N4O2. The number of carbonyl (C=O) groups is 2. The molecule has 166 valence electrons. The quantitative estimate of drug-likeness (QED) is 0.604. The largest absolute Gasteiger partial charge is 0.324 e. The molecule has 4 rings (SSSR count). The van der Waals surface area contributed by atoms with Crippen LogP contribution in [0.4, 0.5) is 25.0 Å². The molecule has 0 aromatic heterocycles. The van der Waals surface area contributed by atoms with Crippen LogP contribution < -0.4 is 10.2 Å². The Morgan fingerprint density at radius 3 is 2.48 bits per heavy atom. The third-order valence-electron chi connectivity index (χ3n) is 5.42. The van der Waals surface area contributed by atoms with Crippen molar-refractivity contribution >= 4 is 23.3 Å². The van der Waals surface area contributed by atoms with Crippen LogP contribution in [0.3, 0.4) is 0 Å². The molecule has 3 aromatic rings. The van der Waals surface area contributed by atoms with Crippen molar-refractivity contribution in [3.05, 3.63) is 95.1 Å². The molecule has 1 aliphatic rings. The van der Waals surface area contributed by atoms with E-state index in [0.717, 1.165) is 24.1 Å². The molecule has 6 nitrogen and oxygen atoms in total. The van der Waals surface area contributed by atoms with E-state index in [9.17, 15) is 23.6 Å². The fourth-order valence-electron chi connectivity index (χ4n) is 3.80. The van der Waals surface area contributed by atoms with E-state index >= 15 is 0 Å². The predicted octanol–water partition coefficient (Wildman–Crippen LogP) is 4.92. The monoisotopic (exact) mass is 446 g/mol. The summed E-state index contributed by atoms with van der Waals surface area (Å²) in [6.07, 6.45) is 0.720. The lowest BCUT2D eigenvalue weighted by Crippen LogP contribution is -2.49. The Morgan fingerprint density at radius 1 is 1.00 bits per heavy atom. The molecule has 0 aliphatic carbocycles. The minimum atomic E-state index is -0.955. The number of nitrogens with zero attached hydrogens (tertiary/aromatic N) is 3. The van der Waals surface area contributed by atoms with Gasteiger partial charge in [0.15, 0.2) is 0 Å². The summed E-state index contributed by atoms with van der Waals surface area (Å²) in [5.74, 6) is -2.83. The first-order chi connectivity index (χ1) is 16.0. The molecule has 3 amide bonds. The highest BCUT2D eigenvalue weighted by Gasteiger charge is 2.27. The van der Waals surface area contributed by atoms with E-state index in [1.54, 1.807) is 46.2 Å². The highest BCUT2D eigenvalue weighted by atomic mass is 19.1. The molecule has 1 N–H and O–H groups in total. The van der Waals surface area contributed by atoms with Gasteiger partial charge in [-0.05, 0) is 48.4 Å². The van der Waals surface area contributed by atoms with Crippen LogP contribution in [0.2, 0.25) is 0 Å². The van der Waals surface area contributed by atoms with Crippen molar-refractivity contribution in [3.8, 4) is 6.07 Å². The number of rotatable bonds is 5. The van der Waals surface area contributed by atoms with E-state index in [4.69, 9.17) is 0 Å². The zero-order valence-electron chi connectivity index (χ0n) is 17.6. The van der Waals surface area contributed by atoms with Crippen molar-refractivity contribution in [1.82, 2.24) is 4.90 Å². The molecule has 1 saturated heterocycles. The van der Waals surface area contributed by atoms with Gasteiger partial charge in [-0.15, -0.1) is 0 Å². The number of anilines is 2. The lowest BCUT2D eigenvalue weighted by Gasteiger charge is -2.36. The maximum absolute atomic E-state index is 13.9. The molecule has 0 saturated carbocycles. The summed E-state index contributed by atoms with van der Waals surface area (Å²) < 4.78 is 27.8. The van der Waals surface area contributed by atoms with E-state index in [-0.39, 0.29) is 6.03 Å². The molecule has 3 aromatic carbocycles. The number of hydrogen-bond donors (Lipinski definition) is 1. The molecule has 1 aliphatic heterocycles. The van der Waals surface area contributed by atoms with Gasteiger partial charge in [0, 0.05) is 31.0 Å². The van der Waals surface area contributed by atoms with Crippen LogP contribution in [0.1, 0.15) is 27.9 Å². The number of amides is 3. The van der Waals surface area contributed by atoms with Crippen molar-refractivity contribution in [2.45, 2.75) is 13.0 Å². The summed E-state index contributed by atoms with van der Waals surface area (Å²) >= 11 is 0. The minimum absolute atomic E-state index is 0.224. The van der Waals surface area contributed by atoms with Gasteiger partial charge in [-0.3, -0.25) is 9.69 Å². The fraction of sp³-hybridized carbons (Fsp3) is 0.160. The number of urea groups is 1. The van der Waals surface area contributed by atoms with Gasteiger partial charge in [0.2, 0.25) is 0 Å². The Hall–Kier alpha value is -4.25. The molecule has 0 atom stereocenters. The average Bonchev–Trinajstić information content (AvgIpc) is 2.81. The first-order valence-corrected chi connectivity index (χ1v) is 10.4. The first kappa shape index (κ1) is 22.0. The second-order valence-corrected chi connectivity index (χ2v) is 7.58. The van der Waals surface area contributed by atoms with Gasteiger partial charge in [0.1, 0.15) is 17.2 Å². The Morgan fingerprint density at radius 2 is 1.73 bits per heavy atom. The number of halogens is 2. The van der Waals surface area contributed by atoms with Crippen LogP contribution in [0.25, 0.3) is 0 Å². The van der Waals surface area contributed by atoms with Gasteiger partial charge in [-0.1, -0.05) is 30.3 Å². The Balaban J connectivity index is 1.52. The van der Waals surface area contributed by atoms with Gasteiger partial charge >= 0.3 is 6.03 Å². The highest BCUT2D eigenvalue weighted by Crippen LogP contribution is 2.25. The molecule has 0 spiro atoms. The maximum Gasteiger partial charge on any atom is 0.324 e. The van der Waals surface area contributed by atoms with Crippen molar-refractivity contribution < 1.29 is 18.4 Å². The number of nitrogens with one attached hydrogen (secondary N) is 1. The number of hydrogen-bond acceptors (Lipinski definition) is 3. The second kappa shape index (κ2) is 9.49. The average molecular weight is 446 g/mol. The zero-order valence-corrected chi connectivity index (χ0v) is 17.6. The van der Waals surface area contributed by atoms with Crippen LogP contribution in [0.5, 0.6) is 0 Å². The first-order valence-electron chi connectivity index (χ1n) is 10.4. The Labute approximate surface area is 189 Å². The number of benzene rings is 3. The van der Waals surface area contributed by atoms with Crippen molar-refractivity contribution in [2.24, 2.45) is 0 Å². The van der Waals surface area contributed by atoms with Gasteiger partial charge in [0.25, 0.3) is 5.91 Å². The Kier molecular flexibility index (Phi) is 6.31. The molecule has 0 bridgehead atoms. The standard InChI is InChI=1S/C25H20F2N4O2/c26-21-10-4-11-22(27)23(21)24(32)29-19-8-3-9-20(14-19)31-13-5-12-30(25(31)33)16-18-7-2-1-6-17(18)15-28/h1-4,6-11,14H,5,12-13,16H2,(H,29,32). The van der Waals surface area contributed by atoms with Gasteiger partial charge < -0.3 is 10.2 Å². The van der Waals surface area contributed by atoms with E-state index in [1.807, 2.05) is 12.1 Å². The smallest absolute Gasteiger partial charge is 0.322 e. The SMILES string of the molecule is N#Cc1ccccc1CN1CCCN(c2cccc(NC(=O)c3c(F)cccc3F)c2)C1=O. The normalized spacial score (nSPS) is 13.5. The third kappa shape index (κ3) is 4.67. The van der Waals surface area contributed by atoms with Gasteiger partial charge in [-0.25, -0.2) is 13.6 Å². The topological polar surface area (TPSA) is 76.4 Å². The van der Waals surface area contributed by atoms with Crippen molar-refractivity contribution in [3.63, 3.8) is 0 Å². The highest BCUT2D eigenvalue weighted by molar-refractivity contribution is 6.05. The number of carbonyl (C=O) groups excluding carboxylic acids is 2. The summed E-state index contributed by atoms with van der Waals surface area (Å²) in [5, 5.41) is 11.8. The van der Waals surface area contributed by atoms with Crippen LogP contribution >= 0.6 is 0 Å². The minimum Gasteiger partial charge on any atom is -0.322 e. The fourth-order valence-corrected chi connectivity index (χ4v) is 3.80. The molecular weight excluding hydrogens is 426 g/mol. The predicted molar refractivity (Wildman–Crippen MR) is 120 cm³/mol. The zero-order chi connectivity index (χ0) is 23.4.